The Morgan fingerprint density at radius 3 is 2.29 bits per heavy atom. The molecule has 0 aliphatic heterocycles. The molecule has 8 heteroatoms. The standard InChI is InChI=1S/C16H12Cl2N2O3S/c1-8-2-4-9(5-3-8)14(21)20-16(24)19-12-7-10(15(22)23)6-11(17)13(12)18/h2-7H,1H3,(H,22,23)(H2,19,20,21,24). The van der Waals surface area contributed by atoms with Crippen molar-refractivity contribution in [3.05, 3.63) is 63.1 Å². The number of nitrogens with one attached hydrogen (secondary N) is 2. The van der Waals surface area contributed by atoms with Crippen molar-refractivity contribution < 1.29 is 14.7 Å². The molecule has 0 saturated heterocycles. The summed E-state index contributed by atoms with van der Waals surface area (Å²) in [5.74, 6) is -1.56. The van der Waals surface area contributed by atoms with Gasteiger partial charge in [-0.05, 0) is 43.4 Å². The minimum Gasteiger partial charge on any atom is -0.478 e. The minimum absolute atomic E-state index is 0.0268. The molecule has 2 aromatic carbocycles. The van der Waals surface area contributed by atoms with Crippen molar-refractivity contribution in [3.63, 3.8) is 0 Å². The highest BCUT2D eigenvalue weighted by molar-refractivity contribution is 7.80. The number of benzene rings is 2. The largest absolute Gasteiger partial charge is 0.478 e. The molecule has 0 radical (unpaired) electrons. The fourth-order valence-electron chi connectivity index (χ4n) is 1.84. The molecule has 0 spiro atoms. The van der Waals surface area contributed by atoms with Gasteiger partial charge in [-0.25, -0.2) is 4.79 Å². The first-order valence-corrected chi connectivity index (χ1v) is 7.85. The lowest BCUT2D eigenvalue weighted by Crippen LogP contribution is -2.34. The second-order valence-corrected chi connectivity index (χ2v) is 6.09. The van der Waals surface area contributed by atoms with E-state index >= 15 is 0 Å². The van der Waals surface area contributed by atoms with Gasteiger partial charge in [0.25, 0.3) is 5.91 Å². The third kappa shape index (κ3) is 4.44. The minimum atomic E-state index is -1.16. The van der Waals surface area contributed by atoms with E-state index < -0.39 is 11.9 Å². The monoisotopic (exact) mass is 382 g/mol. The van der Waals surface area contributed by atoms with Crippen LogP contribution >= 0.6 is 35.4 Å². The van der Waals surface area contributed by atoms with E-state index in [4.69, 9.17) is 40.5 Å². The molecule has 24 heavy (non-hydrogen) atoms. The van der Waals surface area contributed by atoms with Crippen molar-refractivity contribution in [2.75, 3.05) is 5.32 Å². The number of aromatic carboxylic acids is 1. The summed E-state index contributed by atoms with van der Waals surface area (Å²) in [5.41, 5.74) is 1.60. The van der Waals surface area contributed by atoms with Gasteiger partial charge in [0.2, 0.25) is 0 Å². The van der Waals surface area contributed by atoms with Crippen molar-refractivity contribution in [1.82, 2.24) is 5.32 Å². The third-order valence-corrected chi connectivity index (χ3v) is 4.07. The maximum atomic E-state index is 12.1. The van der Waals surface area contributed by atoms with Crippen molar-refractivity contribution >= 4 is 58.1 Å². The smallest absolute Gasteiger partial charge is 0.335 e. The average Bonchev–Trinajstić information content (AvgIpc) is 2.51. The summed E-state index contributed by atoms with van der Waals surface area (Å²) in [5, 5.41) is 14.4. The van der Waals surface area contributed by atoms with E-state index in [1.807, 2.05) is 6.92 Å². The fraction of sp³-hybridized carbons (Fsp3) is 0.0625. The van der Waals surface area contributed by atoms with Gasteiger partial charge in [0.05, 0.1) is 21.3 Å². The van der Waals surface area contributed by atoms with Crippen LogP contribution in [0.2, 0.25) is 10.0 Å². The van der Waals surface area contributed by atoms with Gasteiger partial charge in [-0.15, -0.1) is 0 Å². The molecule has 0 aliphatic carbocycles. The lowest BCUT2D eigenvalue weighted by atomic mass is 10.1. The van der Waals surface area contributed by atoms with Gasteiger partial charge in [0.1, 0.15) is 0 Å². The molecule has 5 nitrogen and oxygen atoms in total. The number of anilines is 1. The second-order valence-electron chi connectivity index (χ2n) is 4.90. The molecule has 2 aromatic rings. The topological polar surface area (TPSA) is 78.4 Å². The van der Waals surface area contributed by atoms with Crippen LogP contribution in [-0.2, 0) is 0 Å². The number of hydrogen-bond donors (Lipinski definition) is 3. The molecule has 2 rings (SSSR count). The number of halogens is 2. The number of carbonyl (C=O) groups excluding carboxylic acids is 1. The molecule has 0 atom stereocenters. The molecule has 3 N–H and O–H groups in total. The molecule has 0 aliphatic rings. The van der Waals surface area contributed by atoms with Gasteiger partial charge in [-0.3, -0.25) is 10.1 Å². The number of rotatable bonds is 3. The Kier molecular flexibility index (Phi) is 5.77. The highest BCUT2D eigenvalue weighted by atomic mass is 35.5. The Morgan fingerprint density at radius 2 is 1.71 bits per heavy atom. The van der Waals surface area contributed by atoms with Crippen LogP contribution in [-0.4, -0.2) is 22.1 Å². The number of thiocarbonyl (C=S) groups is 1. The van der Waals surface area contributed by atoms with Gasteiger partial charge in [-0.2, -0.15) is 0 Å². The lowest BCUT2D eigenvalue weighted by Gasteiger charge is -2.12. The summed E-state index contributed by atoms with van der Waals surface area (Å²) in [6.45, 7) is 1.91. The predicted octanol–water partition coefficient (Wildman–Crippen LogP) is 4.13. The molecule has 0 heterocycles. The van der Waals surface area contributed by atoms with Crippen LogP contribution in [0.15, 0.2) is 36.4 Å². The second kappa shape index (κ2) is 7.61. The van der Waals surface area contributed by atoms with E-state index in [0.717, 1.165) is 5.56 Å². The summed E-state index contributed by atoms with van der Waals surface area (Å²) < 4.78 is 0. The molecule has 0 bridgehead atoms. The van der Waals surface area contributed by atoms with Crippen LogP contribution in [0.25, 0.3) is 0 Å². The summed E-state index contributed by atoms with van der Waals surface area (Å²) in [6, 6.07) is 9.45. The number of carboxylic acids is 1. The summed E-state index contributed by atoms with van der Waals surface area (Å²) in [6.07, 6.45) is 0. The number of carbonyl (C=O) groups is 2. The fourth-order valence-corrected chi connectivity index (χ4v) is 2.42. The van der Waals surface area contributed by atoms with E-state index in [1.165, 1.54) is 12.1 Å². The zero-order chi connectivity index (χ0) is 17.9. The van der Waals surface area contributed by atoms with Crippen LogP contribution < -0.4 is 10.6 Å². The lowest BCUT2D eigenvalue weighted by molar-refractivity contribution is 0.0696. The van der Waals surface area contributed by atoms with Gasteiger partial charge < -0.3 is 10.4 Å². The maximum Gasteiger partial charge on any atom is 0.335 e. The summed E-state index contributed by atoms with van der Waals surface area (Å²) >= 11 is 17.0. The Bertz CT molecular complexity index is 823. The zero-order valence-electron chi connectivity index (χ0n) is 12.4. The third-order valence-electron chi connectivity index (χ3n) is 3.06. The molecule has 0 aromatic heterocycles. The van der Waals surface area contributed by atoms with E-state index in [1.54, 1.807) is 24.3 Å². The van der Waals surface area contributed by atoms with Crippen LogP contribution in [0.4, 0.5) is 5.69 Å². The molecule has 0 saturated carbocycles. The Labute approximate surface area is 153 Å². The quantitative estimate of drug-likeness (QED) is 0.695. The number of carboxylic acid groups (broad SMARTS) is 1. The van der Waals surface area contributed by atoms with Crippen LogP contribution in [0.1, 0.15) is 26.3 Å². The van der Waals surface area contributed by atoms with Crippen molar-refractivity contribution in [3.8, 4) is 0 Å². The highest BCUT2D eigenvalue weighted by Gasteiger charge is 2.14. The van der Waals surface area contributed by atoms with Gasteiger partial charge >= 0.3 is 5.97 Å². The van der Waals surface area contributed by atoms with Gasteiger partial charge in [0, 0.05) is 5.56 Å². The molecule has 0 fully saturated rings. The van der Waals surface area contributed by atoms with Crippen molar-refractivity contribution in [1.29, 1.82) is 0 Å². The molecule has 0 unspecified atom stereocenters. The average molecular weight is 383 g/mol. The SMILES string of the molecule is Cc1ccc(C(=O)NC(=S)Nc2cc(C(=O)O)cc(Cl)c2Cl)cc1. The van der Waals surface area contributed by atoms with Crippen LogP contribution in [0, 0.1) is 6.92 Å². The first-order valence-electron chi connectivity index (χ1n) is 6.69. The normalized spacial score (nSPS) is 10.1. The van der Waals surface area contributed by atoms with Crippen LogP contribution in [0.3, 0.4) is 0 Å². The molecule has 1 amide bonds. The Hall–Kier alpha value is -2.15. The Balaban J connectivity index is 2.13. The van der Waals surface area contributed by atoms with Crippen LogP contribution in [0.5, 0.6) is 0 Å². The van der Waals surface area contributed by atoms with Crippen molar-refractivity contribution in [2.45, 2.75) is 6.92 Å². The molecular weight excluding hydrogens is 371 g/mol. The maximum absolute atomic E-state index is 12.1. The first kappa shape index (κ1) is 18.2. The Morgan fingerprint density at radius 1 is 1.08 bits per heavy atom. The van der Waals surface area contributed by atoms with Gasteiger partial charge in [0.15, 0.2) is 5.11 Å². The number of aryl methyl sites for hydroxylation is 1. The predicted molar refractivity (Wildman–Crippen MR) is 98.3 cm³/mol. The van der Waals surface area contributed by atoms with Crippen molar-refractivity contribution in [2.24, 2.45) is 0 Å². The molecular formula is C16H12Cl2N2O3S. The summed E-state index contributed by atoms with van der Waals surface area (Å²) in [4.78, 5) is 23.2. The van der Waals surface area contributed by atoms with E-state index in [9.17, 15) is 9.59 Å². The van der Waals surface area contributed by atoms with Gasteiger partial charge in [-0.1, -0.05) is 40.9 Å². The summed E-state index contributed by atoms with van der Waals surface area (Å²) in [7, 11) is 0. The first-order chi connectivity index (χ1) is 11.3. The van der Waals surface area contributed by atoms with E-state index in [0.29, 0.717) is 5.56 Å². The molecule has 124 valence electrons. The number of hydrogen-bond acceptors (Lipinski definition) is 3. The zero-order valence-corrected chi connectivity index (χ0v) is 14.7. The number of amides is 1. The van der Waals surface area contributed by atoms with E-state index in [-0.39, 0.29) is 26.4 Å². The highest BCUT2D eigenvalue weighted by Crippen LogP contribution is 2.31. The van der Waals surface area contributed by atoms with E-state index in [2.05, 4.69) is 10.6 Å².